The van der Waals surface area contributed by atoms with Crippen LogP contribution in [0.2, 0.25) is 0 Å². The number of benzene rings is 15. The van der Waals surface area contributed by atoms with Gasteiger partial charge in [-0.2, -0.15) is 0 Å². The molecule has 3 aliphatic rings. The van der Waals surface area contributed by atoms with E-state index >= 15 is 0 Å². The minimum atomic E-state index is 0.964. The van der Waals surface area contributed by atoms with E-state index in [0.29, 0.717) is 0 Å². The van der Waals surface area contributed by atoms with Gasteiger partial charge in [-0.3, -0.25) is 0 Å². The largest absolute Gasteiger partial charge is 0.340 e. The van der Waals surface area contributed by atoms with Gasteiger partial charge in [-0.15, -0.1) is 0 Å². The van der Waals surface area contributed by atoms with E-state index in [-0.39, 0.29) is 0 Å². The van der Waals surface area contributed by atoms with Crippen LogP contribution in [0.3, 0.4) is 0 Å². The van der Waals surface area contributed by atoms with Crippen molar-refractivity contribution in [2.75, 3.05) is 0 Å². The van der Waals surface area contributed by atoms with Gasteiger partial charge in [0.1, 0.15) is 0 Å². The zero-order valence-corrected chi connectivity index (χ0v) is 68.8. The third-order valence-corrected chi connectivity index (χ3v) is 20.9. The van der Waals surface area contributed by atoms with E-state index < -0.39 is 0 Å². The van der Waals surface area contributed by atoms with Gasteiger partial charge in [-0.1, -0.05) is 349 Å². The van der Waals surface area contributed by atoms with Gasteiger partial charge < -0.3 is 13.7 Å². The molecule has 18 aromatic rings. The van der Waals surface area contributed by atoms with Crippen LogP contribution in [0.1, 0.15) is 179 Å². The number of nitrogens with zero attached hydrogens (tertiary/aromatic N) is 3. The van der Waals surface area contributed by atoms with Crippen LogP contribution in [0.5, 0.6) is 0 Å². The Bertz CT molecular complexity index is 6140. The molecule has 0 N–H and O–H groups in total. The van der Waals surface area contributed by atoms with Crippen LogP contribution < -0.4 is 0 Å². The van der Waals surface area contributed by atoms with Crippen LogP contribution in [0.4, 0.5) is 0 Å². The number of rotatable bonds is 3. The minimum Gasteiger partial charge on any atom is -0.340 e. The maximum Gasteiger partial charge on any atom is 0.0580 e. The normalized spacial score (nSPS) is 11.2. The topological polar surface area (TPSA) is 14.8 Å². The predicted molar refractivity (Wildman–Crippen MR) is 487 cm³/mol. The smallest absolute Gasteiger partial charge is 0.0580 e. The molecule has 0 spiro atoms. The molecule has 0 atom stereocenters. The maximum absolute atomic E-state index is 2.55. The lowest BCUT2D eigenvalue weighted by Crippen LogP contribution is -1.96. The first-order chi connectivity index (χ1) is 53.5. The summed E-state index contributed by atoms with van der Waals surface area (Å²) in [6, 6.07) is 94.5. The number of para-hydroxylation sites is 1. The highest BCUT2D eigenvalue weighted by molar-refractivity contribution is 6.29. The zero-order chi connectivity index (χ0) is 77.5. The van der Waals surface area contributed by atoms with E-state index in [1.807, 2.05) is 125 Å². The molecule has 3 nitrogen and oxygen atoms in total. The van der Waals surface area contributed by atoms with Crippen LogP contribution in [-0.2, 0) is 38.9 Å². The molecule has 3 aromatic heterocycles. The van der Waals surface area contributed by atoms with Crippen molar-refractivity contribution < 1.29 is 0 Å². The van der Waals surface area contributed by atoms with Crippen LogP contribution in [-0.4, -0.2) is 13.7 Å². The van der Waals surface area contributed by atoms with Gasteiger partial charge >= 0.3 is 0 Å². The second-order valence-corrected chi connectivity index (χ2v) is 25.2. The van der Waals surface area contributed by atoms with Crippen LogP contribution in [0.15, 0.2) is 255 Å². The third kappa shape index (κ3) is 13.5. The van der Waals surface area contributed by atoms with Gasteiger partial charge in [0, 0.05) is 85.2 Å². The van der Waals surface area contributed by atoms with E-state index in [1.54, 1.807) is 0 Å². The summed E-state index contributed by atoms with van der Waals surface area (Å²) in [7, 11) is 0. The Morgan fingerprint density at radius 3 is 1.20 bits per heavy atom. The summed E-state index contributed by atoms with van der Waals surface area (Å²) in [5.74, 6) is 0. The van der Waals surface area contributed by atoms with Crippen LogP contribution >= 0.6 is 0 Å². The molecule has 0 radical (unpaired) electrons. The van der Waals surface area contributed by atoms with Gasteiger partial charge in [0.25, 0.3) is 0 Å². The Kier molecular flexibility index (Phi) is 27.1. The monoisotopic (exact) mass is 1420 g/mol. The first-order valence-electron chi connectivity index (χ1n) is 41.4. The van der Waals surface area contributed by atoms with Crippen molar-refractivity contribution in [3.8, 4) is 33.4 Å². The lowest BCUT2D eigenvalue weighted by molar-refractivity contribution is 0.828. The summed E-state index contributed by atoms with van der Waals surface area (Å²) in [4.78, 5) is 0. The Morgan fingerprint density at radius 2 is 0.620 bits per heavy atom. The van der Waals surface area contributed by atoms with Crippen molar-refractivity contribution in [3.63, 3.8) is 0 Å². The van der Waals surface area contributed by atoms with Gasteiger partial charge in [0.15, 0.2) is 0 Å². The second-order valence-electron chi connectivity index (χ2n) is 25.2. The number of hydrogen-bond acceptors (Lipinski definition) is 0. The second kappa shape index (κ2) is 36.7. The third-order valence-electron chi connectivity index (χ3n) is 20.9. The lowest BCUT2D eigenvalue weighted by Gasteiger charge is -2.13. The quantitative estimate of drug-likeness (QED) is 0.167. The first kappa shape index (κ1) is 79.8. The highest BCUT2D eigenvalue weighted by atomic mass is 15.0. The fraction of sp³-hybridized carbons (Fsp3) is 0.257. The van der Waals surface area contributed by atoms with E-state index in [2.05, 4.69) is 289 Å². The average Bonchev–Trinajstić information content (AvgIpc) is 1.56. The Labute approximate surface area is 645 Å². The number of aromatic nitrogens is 3. The number of fused-ring (bicyclic) bond motifs is 33. The Balaban J connectivity index is 0.000000156. The van der Waals surface area contributed by atoms with Crippen molar-refractivity contribution in [3.05, 3.63) is 288 Å². The first-order valence-corrected chi connectivity index (χ1v) is 41.4. The van der Waals surface area contributed by atoms with E-state index in [0.717, 1.165) is 38.9 Å². The molecular weight excluding hydrogens is 1300 g/mol. The molecule has 552 valence electrons. The lowest BCUT2D eigenvalue weighted by atomic mass is 9.94. The Morgan fingerprint density at radius 1 is 0.213 bits per heavy atom. The molecule has 15 aromatic carbocycles. The average molecular weight is 1420 g/mol. The molecule has 0 bridgehead atoms. The molecule has 108 heavy (non-hydrogen) atoms. The van der Waals surface area contributed by atoms with Gasteiger partial charge in [0.05, 0.1) is 16.6 Å². The van der Waals surface area contributed by atoms with Crippen LogP contribution in [0, 0.1) is 0 Å². The fourth-order valence-electron chi connectivity index (χ4n) is 17.2. The molecule has 0 saturated carbocycles. The highest BCUT2D eigenvalue weighted by Crippen LogP contribution is 2.53. The number of hydrogen-bond donors (Lipinski definition) is 0. The molecule has 0 saturated heterocycles. The van der Waals surface area contributed by atoms with Crippen molar-refractivity contribution in [2.24, 2.45) is 0 Å². The molecule has 3 heterocycles. The summed E-state index contributed by atoms with van der Waals surface area (Å²) in [5, 5.41) is 24.5. The summed E-state index contributed by atoms with van der Waals surface area (Å²) < 4.78 is 7.60. The van der Waals surface area contributed by atoms with Crippen molar-refractivity contribution in [1.82, 2.24) is 13.7 Å². The van der Waals surface area contributed by atoms with Crippen LogP contribution in [0.25, 0.3) is 163 Å². The standard InChI is InChI=1S/3C29H21N.9C2H6/c1-2-30-26-16-13-19-8-4-6-10-22(19)28(26)24-15-12-20-17-25-21-9-5-3-7-18(21)11-14-23(25)27(20)29(24)30;1-2-30-26-17-19-10-4-3-9-18(19)15-25(26)28-23-14-8-7-13-22(23)24-16-20-11-5-6-12-21(20)27(24)29(28)30;1-2-30-26-14-8-7-13-23(26)27-22-12-6-5-11-21(22)25-17-20-15-18-9-3-4-10-19(18)16-24(20)28(25)29(27)30;9*1-2/h3-16H,2,17H2,1H3;3-15,17H,2,16H2,1H3;3-16H,2,17H2,1H3;9*1-2H3. The molecule has 0 aliphatic heterocycles. The summed E-state index contributed by atoms with van der Waals surface area (Å²) in [6.45, 7) is 45.7. The van der Waals surface area contributed by atoms with Crippen molar-refractivity contribution >= 4 is 130 Å². The number of aryl methyl sites for hydroxylation is 3. The SMILES string of the molecule is CC.CC.CC.CC.CC.CC.CC.CC.CC.CCn1c2cc3ccccc3cc2c2c3ccccc3c3c(c21)-c1ccccc1C3.CCn1c2ccc3ccccc3c2c2ccc3c(c21)-c1ccc2ccccc2c1C3.CCn1c2ccccc2c2c3ccccc3c3c(c21)-c1cc2ccccc2cc1C3. The van der Waals surface area contributed by atoms with E-state index in [4.69, 9.17) is 0 Å². The molecular formula is C105H117N3. The predicted octanol–water partition coefficient (Wildman–Crippen LogP) is 32.3. The van der Waals surface area contributed by atoms with E-state index in [9.17, 15) is 0 Å². The van der Waals surface area contributed by atoms with Gasteiger partial charge in [-0.25, -0.2) is 0 Å². The molecule has 0 unspecified atom stereocenters. The zero-order valence-electron chi connectivity index (χ0n) is 68.8. The molecule has 3 heteroatoms. The maximum atomic E-state index is 2.55. The summed E-state index contributed by atoms with van der Waals surface area (Å²) in [5.41, 5.74) is 25.6. The summed E-state index contributed by atoms with van der Waals surface area (Å²) >= 11 is 0. The van der Waals surface area contributed by atoms with Crippen molar-refractivity contribution in [2.45, 2.75) is 184 Å². The van der Waals surface area contributed by atoms with Gasteiger partial charge in [-0.05, 0) is 185 Å². The molecule has 21 rings (SSSR count). The highest BCUT2D eigenvalue weighted by Gasteiger charge is 2.31. The minimum absolute atomic E-state index is 0.964. The van der Waals surface area contributed by atoms with Gasteiger partial charge in [0.2, 0.25) is 0 Å². The molecule has 0 fully saturated rings. The molecule has 3 aliphatic carbocycles. The Hall–Kier alpha value is -10.7. The fourth-order valence-corrected chi connectivity index (χ4v) is 17.2. The summed E-state index contributed by atoms with van der Waals surface area (Å²) in [6.07, 6.45) is 3.06. The van der Waals surface area contributed by atoms with E-state index in [1.165, 1.54) is 197 Å². The van der Waals surface area contributed by atoms with Crippen molar-refractivity contribution in [1.29, 1.82) is 0 Å². The molecule has 0 amide bonds.